The van der Waals surface area contributed by atoms with Gasteiger partial charge in [-0.05, 0) is 18.8 Å². The lowest BCUT2D eigenvalue weighted by molar-refractivity contribution is 0.0631. The van der Waals surface area contributed by atoms with Crippen molar-refractivity contribution in [2.45, 2.75) is 44.9 Å². The van der Waals surface area contributed by atoms with E-state index >= 15 is 0 Å². The van der Waals surface area contributed by atoms with Gasteiger partial charge < -0.3 is 10.4 Å². The number of hydrogen-bond acceptors (Lipinski definition) is 3. The molecule has 2 unspecified atom stereocenters. The summed E-state index contributed by atoms with van der Waals surface area (Å²) < 4.78 is 26.0. The zero-order valence-electron chi connectivity index (χ0n) is 10.2. The first-order valence-corrected chi connectivity index (χ1v) is 6.37. The van der Waals surface area contributed by atoms with Gasteiger partial charge in [0.25, 0.3) is 0 Å². The van der Waals surface area contributed by atoms with E-state index in [0.717, 1.165) is 30.3 Å². The fraction of sp³-hybridized carbons (Fsp3) is 0.750. The summed E-state index contributed by atoms with van der Waals surface area (Å²) in [5.41, 5.74) is 0. The number of alkyl halides is 2. The van der Waals surface area contributed by atoms with E-state index in [-0.39, 0.29) is 12.0 Å². The summed E-state index contributed by atoms with van der Waals surface area (Å²) in [5, 5.41) is 12.9. The Kier molecular flexibility index (Phi) is 4.66. The predicted octanol–water partition coefficient (Wildman–Crippen LogP) is 1.92. The zero-order chi connectivity index (χ0) is 13.0. The van der Waals surface area contributed by atoms with Crippen LogP contribution in [0.3, 0.4) is 0 Å². The fourth-order valence-corrected chi connectivity index (χ4v) is 2.45. The Hall–Kier alpha value is -1.01. The van der Waals surface area contributed by atoms with Gasteiger partial charge in [-0.3, -0.25) is 4.57 Å². The maximum atomic E-state index is 12.6. The van der Waals surface area contributed by atoms with Crippen LogP contribution in [0.15, 0.2) is 12.4 Å². The molecule has 1 saturated carbocycles. The van der Waals surface area contributed by atoms with Crippen molar-refractivity contribution in [1.82, 2.24) is 14.9 Å². The van der Waals surface area contributed by atoms with Crippen LogP contribution in [0.2, 0.25) is 0 Å². The minimum absolute atomic E-state index is 0.230. The maximum absolute atomic E-state index is 12.6. The van der Waals surface area contributed by atoms with Crippen LogP contribution in [0, 0.1) is 5.92 Å². The lowest BCUT2D eigenvalue weighted by Gasteiger charge is -2.27. The van der Waals surface area contributed by atoms with Crippen molar-refractivity contribution in [3.05, 3.63) is 18.2 Å². The molecule has 18 heavy (non-hydrogen) atoms. The first kappa shape index (κ1) is 13.4. The van der Waals surface area contributed by atoms with E-state index in [1.54, 1.807) is 0 Å². The molecule has 2 atom stereocenters. The molecule has 2 rings (SSSR count). The van der Waals surface area contributed by atoms with Crippen molar-refractivity contribution in [2.75, 3.05) is 6.54 Å². The number of halogens is 2. The Morgan fingerprint density at radius 3 is 2.94 bits per heavy atom. The molecule has 0 saturated heterocycles. The molecule has 4 nitrogen and oxygen atoms in total. The van der Waals surface area contributed by atoms with Gasteiger partial charge in [-0.15, -0.1) is 0 Å². The van der Waals surface area contributed by atoms with E-state index in [9.17, 15) is 13.9 Å². The Morgan fingerprint density at radius 1 is 1.44 bits per heavy atom. The fourth-order valence-electron chi connectivity index (χ4n) is 2.45. The highest BCUT2D eigenvalue weighted by Gasteiger charge is 2.22. The Labute approximate surface area is 105 Å². The van der Waals surface area contributed by atoms with Crippen LogP contribution in [-0.4, -0.2) is 27.3 Å². The Balaban J connectivity index is 1.79. The minimum atomic E-state index is -2.55. The molecule has 1 aromatic rings. The van der Waals surface area contributed by atoms with Crippen LogP contribution in [-0.2, 0) is 6.54 Å². The molecule has 0 amide bonds. The number of imidazole rings is 1. The Morgan fingerprint density at radius 2 is 2.22 bits per heavy atom. The summed E-state index contributed by atoms with van der Waals surface area (Å²) in [6, 6.07) is 0. The van der Waals surface area contributed by atoms with Crippen molar-refractivity contribution in [3.8, 4) is 0 Å². The molecule has 2 N–H and O–H groups in total. The van der Waals surface area contributed by atoms with Crippen LogP contribution >= 0.6 is 0 Å². The van der Waals surface area contributed by atoms with Crippen molar-refractivity contribution in [1.29, 1.82) is 0 Å². The number of nitrogens with one attached hydrogen (secondary N) is 1. The van der Waals surface area contributed by atoms with Crippen molar-refractivity contribution in [3.63, 3.8) is 0 Å². The lowest BCUT2D eigenvalue weighted by Crippen LogP contribution is -2.34. The summed E-state index contributed by atoms with van der Waals surface area (Å²) in [6.45, 7) is -1.60. The summed E-state index contributed by atoms with van der Waals surface area (Å²) >= 11 is 0. The molecule has 0 radical (unpaired) electrons. The average molecular weight is 259 g/mol. The molecule has 1 aliphatic carbocycles. The molecular weight excluding hydrogens is 240 g/mol. The number of aromatic nitrogens is 2. The third kappa shape index (κ3) is 3.26. The van der Waals surface area contributed by atoms with Crippen LogP contribution in [0.1, 0.15) is 38.1 Å². The number of nitrogens with zero attached hydrogens (tertiary/aromatic N) is 2. The van der Waals surface area contributed by atoms with Crippen molar-refractivity contribution >= 4 is 0 Å². The van der Waals surface area contributed by atoms with Gasteiger partial charge in [-0.2, -0.15) is 8.78 Å². The minimum Gasteiger partial charge on any atom is -0.393 e. The third-order valence-electron chi connectivity index (χ3n) is 3.52. The molecular formula is C12H19F2N3O. The molecule has 0 aliphatic heterocycles. The van der Waals surface area contributed by atoms with Crippen LogP contribution in [0.4, 0.5) is 8.78 Å². The van der Waals surface area contributed by atoms with Gasteiger partial charge in [0.05, 0.1) is 12.6 Å². The van der Waals surface area contributed by atoms with E-state index in [4.69, 9.17) is 0 Å². The molecule has 0 aromatic carbocycles. The normalized spacial score (nSPS) is 24.7. The number of aliphatic hydroxyl groups excluding tert-OH is 1. The van der Waals surface area contributed by atoms with Gasteiger partial charge in [0.1, 0.15) is 5.82 Å². The van der Waals surface area contributed by atoms with Gasteiger partial charge in [0.2, 0.25) is 0 Å². The molecule has 1 aromatic heterocycles. The highest BCUT2D eigenvalue weighted by Crippen LogP contribution is 2.23. The topological polar surface area (TPSA) is 50.1 Å². The van der Waals surface area contributed by atoms with E-state index in [1.165, 1.54) is 12.4 Å². The van der Waals surface area contributed by atoms with Crippen LogP contribution in [0.25, 0.3) is 0 Å². The highest BCUT2D eigenvalue weighted by atomic mass is 19.3. The molecule has 6 heteroatoms. The average Bonchev–Trinajstić information content (AvgIpc) is 2.80. The molecule has 0 bridgehead atoms. The van der Waals surface area contributed by atoms with Crippen molar-refractivity contribution in [2.24, 2.45) is 5.92 Å². The largest absolute Gasteiger partial charge is 0.393 e. The predicted molar refractivity (Wildman–Crippen MR) is 63.2 cm³/mol. The summed E-state index contributed by atoms with van der Waals surface area (Å²) in [5.74, 6) is 0.559. The molecule has 0 spiro atoms. The van der Waals surface area contributed by atoms with Gasteiger partial charge in [0, 0.05) is 18.9 Å². The molecule has 1 fully saturated rings. The van der Waals surface area contributed by atoms with E-state index in [0.29, 0.717) is 18.9 Å². The lowest BCUT2D eigenvalue weighted by atomic mass is 9.86. The number of hydrogen-bond donors (Lipinski definition) is 2. The van der Waals surface area contributed by atoms with E-state index in [2.05, 4.69) is 10.3 Å². The van der Waals surface area contributed by atoms with Crippen molar-refractivity contribution < 1.29 is 13.9 Å². The summed E-state index contributed by atoms with van der Waals surface area (Å²) in [4.78, 5) is 3.90. The molecule has 102 valence electrons. The smallest absolute Gasteiger partial charge is 0.319 e. The number of aliphatic hydroxyl groups is 1. The summed E-state index contributed by atoms with van der Waals surface area (Å²) in [6.07, 6.45) is 6.44. The second-order valence-electron chi connectivity index (χ2n) is 4.77. The van der Waals surface area contributed by atoms with E-state index in [1.807, 2.05) is 0 Å². The number of rotatable bonds is 5. The maximum Gasteiger partial charge on any atom is 0.319 e. The SMILES string of the molecule is OC1CCCCC1CNCc1nccn1C(F)F. The van der Waals surface area contributed by atoms with Crippen LogP contribution < -0.4 is 5.32 Å². The zero-order valence-corrected chi connectivity index (χ0v) is 10.2. The third-order valence-corrected chi connectivity index (χ3v) is 3.52. The highest BCUT2D eigenvalue weighted by molar-refractivity contribution is 4.92. The first-order chi connectivity index (χ1) is 8.68. The van der Waals surface area contributed by atoms with Gasteiger partial charge in [0.15, 0.2) is 0 Å². The quantitative estimate of drug-likeness (QED) is 0.849. The molecule has 1 aliphatic rings. The van der Waals surface area contributed by atoms with Gasteiger partial charge >= 0.3 is 6.55 Å². The second kappa shape index (κ2) is 6.24. The second-order valence-corrected chi connectivity index (χ2v) is 4.77. The first-order valence-electron chi connectivity index (χ1n) is 6.37. The van der Waals surface area contributed by atoms with E-state index < -0.39 is 6.55 Å². The van der Waals surface area contributed by atoms with Crippen LogP contribution in [0.5, 0.6) is 0 Å². The van der Waals surface area contributed by atoms with Gasteiger partial charge in [-0.25, -0.2) is 4.98 Å². The van der Waals surface area contributed by atoms with Gasteiger partial charge in [-0.1, -0.05) is 12.8 Å². The Bertz CT molecular complexity index is 370. The standard InChI is InChI=1S/C12H19F2N3O/c13-12(14)17-6-5-16-11(17)8-15-7-9-3-1-2-4-10(9)18/h5-6,9-10,12,15,18H,1-4,7-8H2. The summed E-state index contributed by atoms with van der Waals surface area (Å²) in [7, 11) is 0. The monoisotopic (exact) mass is 259 g/mol. The molecule has 1 heterocycles.